The molecule has 3 rings (SSSR count). The Labute approximate surface area is 129 Å². The summed E-state index contributed by atoms with van der Waals surface area (Å²) in [5, 5.41) is 3.63. The molecule has 3 heteroatoms. The van der Waals surface area contributed by atoms with E-state index in [-0.39, 0.29) is 0 Å². The Morgan fingerprint density at radius 1 is 1.29 bits per heavy atom. The van der Waals surface area contributed by atoms with Crippen molar-refractivity contribution >= 4 is 5.82 Å². The molecule has 116 valence electrons. The van der Waals surface area contributed by atoms with Crippen LogP contribution in [0.15, 0.2) is 12.1 Å². The Kier molecular flexibility index (Phi) is 4.48. The highest BCUT2D eigenvalue weighted by molar-refractivity contribution is 5.44. The maximum atomic E-state index is 4.92. The molecule has 1 aromatic heterocycles. The normalized spacial score (nSPS) is 22.3. The van der Waals surface area contributed by atoms with Gasteiger partial charge in [0, 0.05) is 31.4 Å². The number of pyridine rings is 1. The van der Waals surface area contributed by atoms with Crippen molar-refractivity contribution in [2.45, 2.75) is 65.0 Å². The zero-order valence-corrected chi connectivity index (χ0v) is 13.7. The maximum Gasteiger partial charge on any atom is 0.129 e. The van der Waals surface area contributed by atoms with Crippen molar-refractivity contribution in [2.75, 3.05) is 18.0 Å². The van der Waals surface area contributed by atoms with Gasteiger partial charge in [-0.1, -0.05) is 27.2 Å². The van der Waals surface area contributed by atoms with Gasteiger partial charge in [0.25, 0.3) is 0 Å². The smallest absolute Gasteiger partial charge is 0.129 e. The van der Waals surface area contributed by atoms with E-state index < -0.39 is 0 Å². The lowest BCUT2D eigenvalue weighted by atomic mass is 10.1. The van der Waals surface area contributed by atoms with Crippen molar-refractivity contribution in [3.05, 3.63) is 23.4 Å². The van der Waals surface area contributed by atoms with Crippen LogP contribution in [0, 0.1) is 5.92 Å². The first-order valence-corrected chi connectivity index (χ1v) is 8.65. The predicted octanol–water partition coefficient (Wildman–Crippen LogP) is 3.69. The third-order valence-electron chi connectivity index (χ3n) is 4.84. The summed E-state index contributed by atoms with van der Waals surface area (Å²) in [6.07, 6.45) is 5.30. The number of aromatic nitrogens is 1. The fraction of sp³-hybridized carbons (Fsp3) is 0.722. The third-order valence-corrected chi connectivity index (χ3v) is 4.84. The van der Waals surface area contributed by atoms with E-state index >= 15 is 0 Å². The molecular formula is C18H29N3. The van der Waals surface area contributed by atoms with Gasteiger partial charge in [-0.25, -0.2) is 4.98 Å². The van der Waals surface area contributed by atoms with E-state index in [9.17, 15) is 0 Å². The van der Waals surface area contributed by atoms with Gasteiger partial charge >= 0.3 is 0 Å². The number of rotatable bonds is 6. The SMILES string of the molecule is CCC1CCN(c2cc(CNC3CC3)cc(C(C)C)n2)C1. The lowest BCUT2D eigenvalue weighted by Gasteiger charge is -2.20. The summed E-state index contributed by atoms with van der Waals surface area (Å²) < 4.78 is 0. The van der Waals surface area contributed by atoms with Crippen LogP contribution in [0.1, 0.15) is 63.6 Å². The van der Waals surface area contributed by atoms with Gasteiger partial charge in [-0.15, -0.1) is 0 Å². The molecule has 1 atom stereocenters. The number of hydrogen-bond acceptors (Lipinski definition) is 3. The van der Waals surface area contributed by atoms with Crippen LogP contribution in [0.2, 0.25) is 0 Å². The zero-order chi connectivity index (χ0) is 14.8. The van der Waals surface area contributed by atoms with Crippen molar-refractivity contribution in [1.29, 1.82) is 0 Å². The summed E-state index contributed by atoms with van der Waals surface area (Å²) in [6.45, 7) is 10.1. The number of anilines is 1. The van der Waals surface area contributed by atoms with E-state index in [2.05, 4.69) is 43.1 Å². The molecule has 1 aliphatic carbocycles. The molecule has 0 radical (unpaired) electrons. The Morgan fingerprint density at radius 2 is 2.10 bits per heavy atom. The predicted molar refractivity (Wildman–Crippen MR) is 88.8 cm³/mol. The van der Waals surface area contributed by atoms with Crippen LogP contribution >= 0.6 is 0 Å². The van der Waals surface area contributed by atoms with Crippen LogP contribution < -0.4 is 10.2 Å². The molecule has 0 amide bonds. The minimum Gasteiger partial charge on any atom is -0.356 e. The second-order valence-electron chi connectivity index (χ2n) is 7.08. The van der Waals surface area contributed by atoms with E-state index in [0.29, 0.717) is 5.92 Å². The first kappa shape index (κ1) is 14.8. The van der Waals surface area contributed by atoms with E-state index in [4.69, 9.17) is 4.98 Å². The number of hydrogen-bond donors (Lipinski definition) is 1. The second-order valence-corrected chi connectivity index (χ2v) is 7.08. The number of nitrogens with zero attached hydrogens (tertiary/aromatic N) is 2. The van der Waals surface area contributed by atoms with Crippen molar-refractivity contribution in [2.24, 2.45) is 5.92 Å². The summed E-state index contributed by atoms with van der Waals surface area (Å²) in [7, 11) is 0. The molecule has 21 heavy (non-hydrogen) atoms. The van der Waals surface area contributed by atoms with E-state index in [1.165, 1.54) is 55.8 Å². The molecule has 2 aliphatic rings. The average Bonchev–Trinajstić information content (AvgIpc) is 3.19. The van der Waals surface area contributed by atoms with Crippen molar-refractivity contribution in [1.82, 2.24) is 10.3 Å². The first-order valence-electron chi connectivity index (χ1n) is 8.65. The summed E-state index contributed by atoms with van der Waals surface area (Å²) in [5.41, 5.74) is 2.63. The van der Waals surface area contributed by atoms with Crippen molar-refractivity contribution < 1.29 is 0 Å². The van der Waals surface area contributed by atoms with Crippen molar-refractivity contribution in [3.8, 4) is 0 Å². The Morgan fingerprint density at radius 3 is 2.71 bits per heavy atom. The molecular weight excluding hydrogens is 258 g/mol. The largest absolute Gasteiger partial charge is 0.356 e. The molecule has 0 bridgehead atoms. The van der Waals surface area contributed by atoms with Gasteiger partial charge in [-0.05, 0) is 48.8 Å². The highest BCUT2D eigenvalue weighted by atomic mass is 15.2. The molecule has 1 N–H and O–H groups in total. The van der Waals surface area contributed by atoms with Crippen LogP contribution in [0.5, 0.6) is 0 Å². The minimum absolute atomic E-state index is 0.495. The quantitative estimate of drug-likeness (QED) is 0.865. The van der Waals surface area contributed by atoms with Gasteiger partial charge in [-0.3, -0.25) is 0 Å². The van der Waals surface area contributed by atoms with Crippen LogP contribution in [0.25, 0.3) is 0 Å². The monoisotopic (exact) mass is 287 g/mol. The summed E-state index contributed by atoms with van der Waals surface area (Å²) in [4.78, 5) is 7.41. The highest BCUT2D eigenvalue weighted by Gasteiger charge is 2.24. The van der Waals surface area contributed by atoms with E-state index in [1.54, 1.807) is 0 Å². The molecule has 2 fully saturated rings. The second kappa shape index (κ2) is 6.35. The van der Waals surface area contributed by atoms with Gasteiger partial charge in [-0.2, -0.15) is 0 Å². The molecule has 3 nitrogen and oxygen atoms in total. The fourth-order valence-corrected chi connectivity index (χ4v) is 3.08. The highest BCUT2D eigenvalue weighted by Crippen LogP contribution is 2.27. The first-order chi connectivity index (χ1) is 10.2. The van der Waals surface area contributed by atoms with Crippen LogP contribution in [-0.2, 0) is 6.54 Å². The lowest BCUT2D eigenvalue weighted by molar-refractivity contribution is 0.568. The molecule has 1 aliphatic heterocycles. The molecule has 1 unspecified atom stereocenters. The lowest BCUT2D eigenvalue weighted by Crippen LogP contribution is -2.22. The molecule has 0 spiro atoms. The average molecular weight is 287 g/mol. The Bertz CT molecular complexity index is 479. The van der Waals surface area contributed by atoms with Crippen LogP contribution in [0.4, 0.5) is 5.82 Å². The minimum atomic E-state index is 0.495. The Hall–Kier alpha value is -1.09. The molecule has 2 heterocycles. The van der Waals surface area contributed by atoms with E-state index in [1.807, 2.05) is 0 Å². The molecule has 1 saturated carbocycles. The van der Waals surface area contributed by atoms with Gasteiger partial charge in [0.2, 0.25) is 0 Å². The summed E-state index contributed by atoms with van der Waals surface area (Å²) >= 11 is 0. The fourth-order valence-electron chi connectivity index (χ4n) is 3.08. The zero-order valence-electron chi connectivity index (χ0n) is 13.7. The summed E-state index contributed by atoms with van der Waals surface area (Å²) in [6, 6.07) is 5.36. The van der Waals surface area contributed by atoms with Crippen molar-refractivity contribution in [3.63, 3.8) is 0 Å². The van der Waals surface area contributed by atoms with Crippen LogP contribution in [-0.4, -0.2) is 24.1 Å². The van der Waals surface area contributed by atoms with Gasteiger partial charge in [0.1, 0.15) is 5.82 Å². The third kappa shape index (κ3) is 3.76. The molecule has 1 saturated heterocycles. The van der Waals surface area contributed by atoms with Gasteiger partial charge < -0.3 is 10.2 Å². The van der Waals surface area contributed by atoms with Crippen LogP contribution in [0.3, 0.4) is 0 Å². The van der Waals surface area contributed by atoms with Gasteiger partial charge in [0.05, 0.1) is 0 Å². The van der Waals surface area contributed by atoms with Gasteiger partial charge in [0.15, 0.2) is 0 Å². The number of nitrogens with one attached hydrogen (secondary N) is 1. The summed E-state index contributed by atoms with van der Waals surface area (Å²) in [5.74, 6) is 2.54. The van der Waals surface area contributed by atoms with E-state index in [0.717, 1.165) is 18.5 Å². The molecule has 1 aromatic rings. The maximum absolute atomic E-state index is 4.92. The topological polar surface area (TPSA) is 28.2 Å². The standard InChI is InChI=1S/C18H29N3/c1-4-14-7-8-21(12-14)18-10-15(11-19-16-5-6-16)9-17(20-18)13(2)3/h9-10,13-14,16,19H,4-8,11-12H2,1-3H3. The molecule has 0 aromatic carbocycles. The Balaban J connectivity index is 1.77.